The Kier molecular flexibility index (Phi) is 10.7. The molecule has 294 valence electrons. The molecule has 7 rings (SSSR count). The van der Waals surface area contributed by atoms with Crippen molar-refractivity contribution in [1.82, 2.24) is 15.6 Å². The lowest BCUT2D eigenvalue weighted by Crippen LogP contribution is -2.44. The van der Waals surface area contributed by atoms with E-state index < -0.39 is 40.4 Å². The van der Waals surface area contributed by atoms with Crippen molar-refractivity contribution in [3.8, 4) is 23.1 Å². The Labute approximate surface area is 329 Å². The third-order valence-electron chi connectivity index (χ3n) is 9.88. The standard InChI is InChI=1S/C41H35F5N6O4S/c1-40(2)38(54)51(27-8-7-25(21-47)31(19-27)41(44,45)46)39(57)52(40)28-9-10-34(32(43)20-28)56-16-15-55-14-13-48-22-23-3-5-24(6-4-23)36-29-11-12-49-37(53)30-17-26(42)18-33(50-36)35(29)30/h3-10,17-20,48,50H,11-16,22H2,1-2H3,(H,49,53). The van der Waals surface area contributed by atoms with E-state index in [2.05, 4.69) is 15.6 Å². The van der Waals surface area contributed by atoms with Crippen LogP contribution in [0.5, 0.6) is 5.75 Å². The van der Waals surface area contributed by atoms with Crippen LogP contribution in [-0.4, -0.2) is 60.4 Å². The second-order valence-electron chi connectivity index (χ2n) is 14.0. The van der Waals surface area contributed by atoms with Gasteiger partial charge >= 0.3 is 6.18 Å². The number of hydrogen-bond donors (Lipinski definition) is 3. The van der Waals surface area contributed by atoms with Crippen LogP contribution in [0.3, 0.4) is 0 Å². The molecule has 0 aliphatic carbocycles. The van der Waals surface area contributed by atoms with Crippen LogP contribution in [0.25, 0.3) is 22.2 Å². The van der Waals surface area contributed by atoms with E-state index in [-0.39, 0.29) is 41.4 Å². The molecule has 0 atom stereocenters. The van der Waals surface area contributed by atoms with Crippen LogP contribution in [0.4, 0.5) is 33.3 Å². The minimum absolute atomic E-state index is 0.0476. The minimum Gasteiger partial charge on any atom is -0.488 e. The number of hydrogen-bond acceptors (Lipinski definition) is 7. The average Bonchev–Trinajstić information content (AvgIpc) is 3.54. The molecule has 0 radical (unpaired) electrons. The van der Waals surface area contributed by atoms with Crippen LogP contribution < -0.4 is 25.2 Å². The van der Waals surface area contributed by atoms with Gasteiger partial charge in [-0.05, 0) is 91.6 Å². The Morgan fingerprint density at radius 3 is 2.44 bits per heavy atom. The maximum absolute atomic E-state index is 15.2. The van der Waals surface area contributed by atoms with Gasteiger partial charge in [-0.2, -0.15) is 18.4 Å². The van der Waals surface area contributed by atoms with Gasteiger partial charge in [-0.1, -0.05) is 24.3 Å². The predicted molar refractivity (Wildman–Crippen MR) is 207 cm³/mol. The maximum atomic E-state index is 15.2. The summed E-state index contributed by atoms with van der Waals surface area (Å²) in [4.78, 5) is 31.6. The van der Waals surface area contributed by atoms with Crippen molar-refractivity contribution >= 4 is 51.4 Å². The quantitative estimate of drug-likeness (QED) is 0.0679. The summed E-state index contributed by atoms with van der Waals surface area (Å²) >= 11 is 5.53. The number of alkyl halides is 3. The number of carbonyl (C=O) groups is 2. The van der Waals surface area contributed by atoms with E-state index in [1.165, 1.54) is 55.1 Å². The summed E-state index contributed by atoms with van der Waals surface area (Å²) in [6, 6.07) is 19.0. The van der Waals surface area contributed by atoms with E-state index in [1.807, 2.05) is 24.3 Å². The third kappa shape index (κ3) is 7.65. The fourth-order valence-electron chi connectivity index (χ4n) is 7.12. The number of nitriles is 1. The van der Waals surface area contributed by atoms with Crippen LogP contribution in [0.1, 0.15) is 46.5 Å². The zero-order valence-corrected chi connectivity index (χ0v) is 31.5. The number of amides is 2. The van der Waals surface area contributed by atoms with Crippen LogP contribution in [0.2, 0.25) is 0 Å². The highest BCUT2D eigenvalue weighted by atomic mass is 32.1. The first-order valence-electron chi connectivity index (χ1n) is 17.9. The van der Waals surface area contributed by atoms with Gasteiger partial charge in [-0.3, -0.25) is 14.5 Å². The molecular formula is C41H35F5N6O4S. The molecule has 1 aromatic heterocycles. The number of anilines is 2. The topological polar surface area (TPSA) is 123 Å². The van der Waals surface area contributed by atoms with E-state index in [4.69, 9.17) is 27.0 Å². The van der Waals surface area contributed by atoms with Gasteiger partial charge < -0.3 is 30.0 Å². The molecule has 4 aromatic carbocycles. The predicted octanol–water partition coefficient (Wildman–Crippen LogP) is 7.39. The smallest absolute Gasteiger partial charge is 0.417 e. The van der Waals surface area contributed by atoms with Gasteiger partial charge in [0.15, 0.2) is 16.7 Å². The number of nitrogens with zero attached hydrogens (tertiary/aromatic N) is 3. The highest BCUT2D eigenvalue weighted by Crippen LogP contribution is 2.41. The first-order valence-corrected chi connectivity index (χ1v) is 18.3. The number of halogens is 5. The molecule has 10 nitrogen and oxygen atoms in total. The summed E-state index contributed by atoms with van der Waals surface area (Å²) in [5.41, 5.74) is 1.55. The molecule has 0 unspecified atom stereocenters. The summed E-state index contributed by atoms with van der Waals surface area (Å²) in [6.45, 7) is 5.20. The SMILES string of the molecule is CC1(C)C(=O)N(c2ccc(C#N)c(C(F)(F)F)c2)C(=S)N1c1ccc(OCCOCCNCc2ccc(-c3[nH]c4cc(F)cc5c4c3CCNC5=O)cc2)c(F)c1. The second kappa shape index (κ2) is 15.6. The number of nitrogens with one attached hydrogen (secondary N) is 3. The monoisotopic (exact) mass is 802 g/mol. The highest BCUT2D eigenvalue weighted by molar-refractivity contribution is 7.81. The van der Waals surface area contributed by atoms with Crippen LogP contribution >= 0.6 is 12.2 Å². The van der Waals surface area contributed by atoms with Gasteiger partial charge in [0.2, 0.25) is 0 Å². The molecule has 2 aliphatic rings. The van der Waals surface area contributed by atoms with Crippen molar-refractivity contribution in [3.05, 3.63) is 112 Å². The van der Waals surface area contributed by atoms with Crippen molar-refractivity contribution in [2.24, 2.45) is 0 Å². The molecule has 0 bridgehead atoms. The number of ether oxygens (including phenoxy) is 2. The van der Waals surface area contributed by atoms with Crippen molar-refractivity contribution in [2.75, 3.05) is 42.7 Å². The zero-order chi connectivity index (χ0) is 40.6. The van der Waals surface area contributed by atoms with Gasteiger partial charge in [0.25, 0.3) is 11.8 Å². The van der Waals surface area contributed by atoms with Crippen LogP contribution in [0, 0.1) is 23.0 Å². The maximum Gasteiger partial charge on any atom is 0.417 e. The first-order chi connectivity index (χ1) is 27.2. The molecule has 0 spiro atoms. The van der Waals surface area contributed by atoms with Gasteiger partial charge in [0, 0.05) is 48.0 Å². The summed E-state index contributed by atoms with van der Waals surface area (Å²) in [5.74, 6) is -2.20. The minimum atomic E-state index is -4.84. The Hall–Kier alpha value is -5.89. The second-order valence-corrected chi connectivity index (χ2v) is 14.3. The molecule has 1 fully saturated rings. The summed E-state index contributed by atoms with van der Waals surface area (Å²) < 4.78 is 81.7. The van der Waals surface area contributed by atoms with Crippen molar-refractivity contribution in [3.63, 3.8) is 0 Å². The van der Waals surface area contributed by atoms with E-state index in [9.17, 15) is 27.2 Å². The summed E-state index contributed by atoms with van der Waals surface area (Å²) in [5, 5.41) is 15.9. The average molecular weight is 803 g/mol. The molecule has 5 aromatic rings. The molecule has 1 saturated heterocycles. The van der Waals surface area contributed by atoms with E-state index >= 15 is 4.39 Å². The van der Waals surface area contributed by atoms with Gasteiger partial charge in [-0.15, -0.1) is 0 Å². The summed E-state index contributed by atoms with van der Waals surface area (Å²) in [6.07, 6.45) is -4.22. The van der Waals surface area contributed by atoms with Gasteiger partial charge in [0.1, 0.15) is 18.0 Å². The number of thiocarbonyl (C=S) groups is 1. The Bertz CT molecular complexity index is 2440. The van der Waals surface area contributed by atoms with E-state index in [0.717, 1.165) is 44.8 Å². The molecule has 3 N–H and O–H groups in total. The molecule has 2 amide bonds. The Morgan fingerprint density at radius 2 is 1.72 bits per heavy atom. The lowest BCUT2D eigenvalue weighted by atomic mass is 9.99. The lowest BCUT2D eigenvalue weighted by molar-refractivity contribution is -0.137. The Balaban J connectivity index is 0.885. The normalized spacial score (nSPS) is 15.2. The Morgan fingerprint density at radius 1 is 0.965 bits per heavy atom. The first kappa shape index (κ1) is 39.3. The zero-order valence-electron chi connectivity index (χ0n) is 30.7. The molecule has 3 heterocycles. The van der Waals surface area contributed by atoms with Crippen molar-refractivity contribution in [2.45, 2.75) is 38.5 Å². The molecule has 0 saturated carbocycles. The summed E-state index contributed by atoms with van der Waals surface area (Å²) in [7, 11) is 0. The van der Waals surface area contributed by atoms with Crippen molar-refractivity contribution < 1.29 is 41.0 Å². The van der Waals surface area contributed by atoms with Crippen LogP contribution in [0.15, 0.2) is 72.8 Å². The number of H-pyrrole nitrogens is 1. The molecule has 16 heteroatoms. The van der Waals surface area contributed by atoms with Gasteiger partial charge in [-0.25, -0.2) is 8.78 Å². The lowest BCUT2D eigenvalue weighted by Gasteiger charge is -2.29. The number of carbonyl (C=O) groups excluding carboxylic acids is 2. The van der Waals surface area contributed by atoms with E-state index in [0.29, 0.717) is 49.8 Å². The fraction of sp³-hybridized carbons (Fsp3) is 0.268. The molecule has 57 heavy (non-hydrogen) atoms. The highest BCUT2D eigenvalue weighted by Gasteiger charge is 2.51. The number of rotatable bonds is 12. The molecule has 2 aliphatic heterocycles. The van der Waals surface area contributed by atoms with Gasteiger partial charge in [0.05, 0.1) is 41.7 Å². The molecular weight excluding hydrogens is 768 g/mol. The number of aromatic nitrogens is 1. The fourth-order valence-corrected chi connectivity index (χ4v) is 7.64. The van der Waals surface area contributed by atoms with Crippen molar-refractivity contribution in [1.29, 1.82) is 5.26 Å². The van der Waals surface area contributed by atoms with E-state index in [1.54, 1.807) is 0 Å². The van der Waals surface area contributed by atoms with Crippen LogP contribution in [-0.2, 0) is 28.7 Å². The number of benzene rings is 4. The largest absolute Gasteiger partial charge is 0.488 e. The third-order valence-corrected chi connectivity index (χ3v) is 10.2. The number of aromatic amines is 1.